The molecule has 1 aromatic carbocycles. The number of fused-ring (bicyclic) bond motifs is 1. The second-order valence-corrected chi connectivity index (χ2v) is 4.49. The summed E-state index contributed by atoms with van der Waals surface area (Å²) in [6.45, 7) is -0.205. The summed E-state index contributed by atoms with van der Waals surface area (Å²) in [6, 6.07) is 4.71. The summed E-state index contributed by atoms with van der Waals surface area (Å²) in [5, 5.41) is 9.34. The molecule has 6 nitrogen and oxygen atoms in total. The van der Waals surface area contributed by atoms with Crippen LogP contribution in [0.15, 0.2) is 33.9 Å². The van der Waals surface area contributed by atoms with Crippen LogP contribution in [-0.4, -0.2) is 22.2 Å². The molecular weight excluding hydrogens is 298 g/mol. The molecule has 0 spiro atoms. The zero-order valence-electron chi connectivity index (χ0n) is 11.9. The third-order valence-corrected chi connectivity index (χ3v) is 3.08. The van der Waals surface area contributed by atoms with Crippen LogP contribution in [0.5, 0.6) is 5.75 Å². The lowest BCUT2D eigenvalue weighted by Crippen LogP contribution is -2.17. The minimum absolute atomic E-state index is 0.0723. The van der Waals surface area contributed by atoms with Crippen LogP contribution >= 0.6 is 0 Å². The van der Waals surface area contributed by atoms with Crippen LogP contribution in [-0.2, 0) is 6.54 Å². The van der Waals surface area contributed by atoms with Crippen molar-refractivity contribution in [2.45, 2.75) is 6.54 Å². The second kappa shape index (κ2) is 6.50. The molecule has 6 heteroatoms. The molecule has 0 aliphatic heterocycles. The maximum absolute atomic E-state index is 12.2. The summed E-state index contributed by atoms with van der Waals surface area (Å²) in [7, 11) is 0. The highest BCUT2D eigenvalue weighted by molar-refractivity contribution is 5.90. The average Bonchev–Trinajstić information content (AvgIpc) is 2.68. The van der Waals surface area contributed by atoms with Gasteiger partial charge in [0.1, 0.15) is 12.3 Å². The van der Waals surface area contributed by atoms with Gasteiger partial charge in [-0.2, -0.15) is 0 Å². The van der Waals surface area contributed by atoms with Crippen molar-refractivity contribution in [2.24, 2.45) is 0 Å². The number of aromatic nitrogens is 1. The van der Waals surface area contributed by atoms with Gasteiger partial charge >= 0.3 is 5.97 Å². The summed E-state index contributed by atoms with van der Waals surface area (Å²) in [6.07, 6.45) is 10.4. The first-order valence-corrected chi connectivity index (χ1v) is 6.44. The van der Waals surface area contributed by atoms with E-state index in [1.54, 1.807) is 0 Å². The molecular formula is C17H11NO5. The normalized spacial score (nSPS) is 9.83. The summed E-state index contributed by atoms with van der Waals surface area (Å²) in [5.41, 5.74) is -1.09. The Morgan fingerprint density at radius 1 is 1.17 bits per heavy atom. The maximum atomic E-state index is 12.2. The summed E-state index contributed by atoms with van der Waals surface area (Å²) < 4.78 is 6.40. The summed E-state index contributed by atoms with van der Waals surface area (Å²) in [4.78, 5) is 35.5. The number of terminal acetylenes is 2. The fraction of sp³-hybridized carbons (Fsp3) is 0.118. The zero-order chi connectivity index (χ0) is 17.0. The highest BCUT2D eigenvalue weighted by Gasteiger charge is 2.14. The van der Waals surface area contributed by atoms with Crippen molar-refractivity contribution in [1.82, 2.24) is 4.57 Å². The molecule has 23 heavy (non-hydrogen) atoms. The molecule has 0 saturated carbocycles. The van der Waals surface area contributed by atoms with Gasteiger partial charge in [0.15, 0.2) is 11.2 Å². The fourth-order valence-corrected chi connectivity index (χ4v) is 2.12. The average molecular weight is 309 g/mol. The zero-order valence-corrected chi connectivity index (χ0v) is 11.9. The van der Waals surface area contributed by atoms with E-state index in [1.165, 1.54) is 22.8 Å². The molecule has 0 atom stereocenters. The first-order chi connectivity index (χ1) is 11.0. The molecule has 0 amide bonds. The van der Waals surface area contributed by atoms with Crippen molar-refractivity contribution < 1.29 is 14.6 Å². The Morgan fingerprint density at radius 2 is 1.91 bits per heavy atom. The van der Waals surface area contributed by atoms with Gasteiger partial charge in [-0.3, -0.25) is 9.59 Å². The Balaban J connectivity index is 2.93. The van der Waals surface area contributed by atoms with Crippen LogP contribution in [0.2, 0.25) is 0 Å². The van der Waals surface area contributed by atoms with E-state index in [0.717, 1.165) is 6.07 Å². The van der Waals surface area contributed by atoms with E-state index in [0.29, 0.717) is 0 Å². The van der Waals surface area contributed by atoms with Crippen LogP contribution in [0.1, 0.15) is 10.5 Å². The Labute approximate surface area is 130 Å². The van der Waals surface area contributed by atoms with Crippen LogP contribution < -0.4 is 15.6 Å². The van der Waals surface area contributed by atoms with Gasteiger partial charge in [0, 0.05) is 11.5 Å². The summed E-state index contributed by atoms with van der Waals surface area (Å²) >= 11 is 0. The van der Waals surface area contributed by atoms with Gasteiger partial charge in [0.25, 0.3) is 0 Å². The SMILES string of the molecule is C#CCOc1cc2c(=O)cc(C(=O)O)n(CC#C)c2ccc1=O. The van der Waals surface area contributed by atoms with Gasteiger partial charge in [-0.1, -0.05) is 11.8 Å². The third-order valence-electron chi connectivity index (χ3n) is 3.08. The molecule has 1 N–H and O–H groups in total. The quantitative estimate of drug-likeness (QED) is 0.841. The van der Waals surface area contributed by atoms with Crippen molar-refractivity contribution >= 4 is 16.9 Å². The van der Waals surface area contributed by atoms with E-state index in [4.69, 9.17) is 17.6 Å². The smallest absolute Gasteiger partial charge is 0.352 e. The highest BCUT2D eigenvalue weighted by Crippen LogP contribution is 2.15. The van der Waals surface area contributed by atoms with Gasteiger partial charge in [-0.25, -0.2) is 4.79 Å². The molecule has 0 aliphatic carbocycles. The van der Waals surface area contributed by atoms with E-state index in [2.05, 4.69) is 11.8 Å². The number of carbonyl (C=O) groups is 1. The lowest BCUT2D eigenvalue weighted by Gasteiger charge is -2.10. The molecule has 2 rings (SSSR count). The fourth-order valence-electron chi connectivity index (χ4n) is 2.12. The van der Waals surface area contributed by atoms with Crippen molar-refractivity contribution in [2.75, 3.05) is 6.61 Å². The Kier molecular flexibility index (Phi) is 4.49. The number of pyridine rings is 1. The first kappa shape index (κ1) is 15.9. The minimum Gasteiger partial charge on any atom is -0.477 e. The van der Waals surface area contributed by atoms with E-state index >= 15 is 0 Å². The molecule has 2 aromatic rings. The number of hydrogen-bond donors (Lipinski definition) is 1. The first-order valence-electron chi connectivity index (χ1n) is 6.44. The Morgan fingerprint density at radius 3 is 2.52 bits per heavy atom. The maximum Gasteiger partial charge on any atom is 0.352 e. The van der Waals surface area contributed by atoms with Crippen LogP contribution in [0.25, 0.3) is 10.9 Å². The molecule has 0 bridgehead atoms. The molecule has 114 valence electrons. The topological polar surface area (TPSA) is 85.6 Å². The number of carboxylic acid groups (broad SMARTS) is 1. The molecule has 0 fully saturated rings. The number of nitrogens with zero attached hydrogens (tertiary/aromatic N) is 1. The lowest BCUT2D eigenvalue weighted by atomic mass is 10.2. The van der Waals surface area contributed by atoms with Crippen LogP contribution in [0.4, 0.5) is 0 Å². The monoisotopic (exact) mass is 309 g/mol. The van der Waals surface area contributed by atoms with Gasteiger partial charge in [0.05, 0.1) is 12.1 Å². The molecule has 1 heterocycles. The number of aromatic carboxylic acids is 1. The number of ether oxygens (including phenoxy) is 1. The van der Waals surface area contributed by atoms with Crippen molar-refractivity contribution in [3.63, 3.8) is 0 Å². The van der Waals surface area contributed by atoms with E-state index in [9.17, 15) is 19.5 Å². The Hall–Kier alpha value is -3.51. The summed E-state index contributed by atoms with van der Waals surface area (Å²) in [5.74, 6) is 3.16. The second-order valence-electron chi connectivity index (χ2n) is 4.49. The van der Waals surface area contributed by atoms with Crippen LogP contribution in [0, 0.1) is 24.7 Å². The van der Waals surface area contributed by atoms with Crippen molar-refractivity contribution in [3.05, 3.63) is 50.4 Å². The van der Waals surface area contributed by atoms with Crippen molar-refractivity contribution in [1.29, 1.82) is 0 Å². The number of hydrogen-bond acceptors (Lipinski definition) is 4. The minimum atomic E-state index is -1.29. The van der Waals surface area contributed by atoms with Gasteiger partial charge < -0.3 is 14.4 Å². The van der Waals surface area contributed by atoms with Crippen LogP contribution in [0.3, 0.4) is 0 Å². The number of carboxylic acids is 1. The lowest BCUT2D eigenvalue weighted by molar-refractivity contribution is 0.0685. The number of rotatable bonds is 4. The van der Waals surface area contributed by atoms with Gasteiger partial charge in [0.2, 0.25) is 5.43 Å². The largest absolute Gasteiger partial charge is 0.477 e. The molecule has 0 unspecified atom stereocenters. The third kappa shape index (κ3) is 3.07. The van der Waals surface area contributed by atoms with E-state index in [1.807, 2.05) is 0 Å². The Bertz CT molecular complexity index is 989. The van der Waals surface area contributed by atoms with Gasteiger partial charge in [-0.05, 0) is 18.2 Å². The van der Waals surface area contributed by atoms with E-state index < -0.39 is 16.8 Å². The highest BCUT2D eigenvalue weighted by atomic mass is 16.5. The molecule has 0 saturated heterocycles. The van der Waals surface area contributed by atoms with Crippen molar-refractivity contribution in [3.8, 4) is 30.4 Å². The predicted octanol–water partition coefficient (Wildman–Crippen LogP) is 0.705. The molecule has 0 radical (unpaired) electrons. The van der Waals surface area contributed by atoms with Gasteiger partial charge in [-0.15, -0.1) is 12.8 Å². The standard InChI is InChI=1S/C17H11NO5/c1-3-7-18-12-5-6-14(19)16(23-8-4-2)9-11(12)15(20)10-13(18)17(21)22/h1-2,5-6,9-10H,7-8H2,(H,21,22). The molecule has 0 aliphatic rings. The molecule has 1 aromatic heterocycles. The van der Waals surface area contributed by atoms with E-state index in [-0.39, 0.29) is 35.5 Å². The predicted molar refractivity (Wildman–Crippen MR) is 84.6 cm³/mol.